The number of aliphatic imine (C=N–C) groups is 1. The molecule has 0 spiro atoms. The lowest BCUT2D eigenvalue weighted by Crippen LogP contribution is -2.48. The molecule has 0 saturated heterocycles. The maximum absolute atomic E-state index is 13.7. The van der Waals surface area contributed by atoms with E-state index in [0.717, 1.165) is 31.0 Å². The number of nitrogens with zero attached hydrogens (tertiary/aromatic N) is 4. The van der Waals surface area contributed by atoms with Gasteiger partial charge in [0.1, 0.15) is 17.8 Å². The normalized spacial score (nSPS) is 18.2. The van der Waals surface area contributed by atoms with Crippen LogP contribution >= 0.6 is 0 Å². The summed E-state index contributed by atoms with van der Waals surface area (Å²) in [4.78, 5) is 8.68. The summed E-state index contributed by atoms with van der Waals surface area (Å²) in [5.41, 5.74) is 0. The second-order valence-corrected chi connectivity index (χ2v) is 6.45. The highest BCUT2D eigenvalue weighted by molar-refractivity contribution is 5.80. The molecule has 7 nitrogen and oxygen atoms in total. The Balaban J connectivity index is 1.48. The average molecular weight is 360 g/mol. The number of hydrogen-bond donors (Lipinski definition) is 2. The minimum atomic E-state index is -0.358. The van der Waals surface area contributed by atoms with Gasteiger partial charge in [0.25, 0.3) is 0 Å². The van der Waals surface area contributed by atoms with E-state index in [-0.39, 0.29) is 23.7 Å². The molecule has 0 amide bonds. The second-order valence-electron chi connectivity index (χ2n) is 6.45. The van der Waals surface area contributed by atoms with Crippen LogP contribution in [-0.4, -0.2) is 46.5 Å². The molecule has 2 atom stereocenters. The predicted octanol–water partition coefficient (Wildman–Crippen LogP) is 1.67. The van der Waals surface area contributed by atoms with E-state index < -0.39 is 0 Å². The molecule has 1 aromatic carbocycles. The fraction of sp³-hybridized carbons (Fsp3) is 0.500. The quantitative estimate of drug-likeness (QED) is 0.627. The zero-order valence-corrected chi connectivity index (χ0v) is 15.4. The Morgan fingerprint density at radius 3 is 3.04 bits per heavy atom. The summed E-state index contributed by atoms with van der Waals surface area (Å²) >= 11 is 0. The highest BCUT2D eigenvalue weighted by Gasteiger charge is 2.21. The number of para-hydroxylation sites is 1. The molecule has 2 aromatic rings. The number of hydrogen-bond acceptors (Lipinski definition) is 4. The van der Waals surface area contributed by atoms with E-state index in [0.29, 0.717) is 12.5 Å². The molecule has 0 bridgehead atoms. The Hall–Kier alpha value is -2.64. The Labute approximate surface area is 152 Å². The third kappa shape index (κ3) is 4.50. The van der Waals surface area contributed by atoms with E-state index in [9.17, 15) is 4.39 Å². The first-order valence-corrected chi connectivity index (χ1v) is 8.84. The van der Waals surface area contributed by atoms with Gasteiger partial charge in [-0.25, -0.2) is 14.1 Å². The SMILES string of the molecule is CN=C(NCC(C)Oc1ccccc1F)NC1CCc2nc(C)nn2C1. The molecule has 1 aromatic heterocycles. The van der Waals surface area contributed by atoms with Crippen molar-refractivity contribution < 1.29 is 9.13 Å². The smallest absolute Gasteiger partial charge is 0.191 e. The zero-order chi connectivity index (χ0) is 18.5. The average Bonchev–Trinajstić information content (AvgIpc) is 2.99. The van der Waals surface area contributed by atoms with Crippen molar-refractivity contribution in [2.24, 2.45) is 4.99 Å². The fourth-order valence-electron chi connectivity index (χ4n) is 2.98. The van der Waals surface area contributed by atoms with Gasteiger partial charge in [-0.05, 0) is 32.4 Å². The Bertz CT molecular complexity index is 775. The van der Waals surface area contributed by atoms with Crippen LogP contribution in [-0.2, 0) is 13.0 Å². The number of fused-ring (bicyclic) bond motifs is 1. The largest absolute Gasteiger partial charge is 0.486 e. The van der Waals surface area contributed by atoms with Gasteiger partial charge in [0.15, 0.2) is 17.5 Å². The Kier molecular flexibility index (Phi) is 5.70. The summed E-state index contributed by atoms with van der Waals surface area (Å²) in [6.45, 7) is 5.07. The highest BCUT2D eigenvalue weighted by Crippen LogP contribution is 2.17. The molecule has 0 saturated carbocycles. The predicted molar refractivity (Wildman–Crippen MR) is 97.9 cm³/mol. The van der Waals surface area contributed by atoms with Gasteiger partial charge in [-0.2, -0.15) is 5.10 Å². The van der Waals surface area contributed by atoms with Gasteiger partial charge < -0.3 is 15.4 Å². The molecule has 2 N–H and O–H groups in total. The molecule has 2 heterocycles. The Morgan fingerprint density at radius 1 is 1.46 bits per heavy atom. The third-order valence-electron chi connectivity index (χ3n) is 4.25. The van der Waals surface area contributed by atoms with E-state index in [1.54, 1.807) is 25.2 Å². The molecular weight excluding hydrogens is 335 g/mol. The molecule has 2 unspecified atom stereocenters. The van der Waals surface area contributed by atoms with Crippen LogP contribution in [0.15, 0.2) is 29.3 Å². The van der Waals surface area contributed by atoms with Crippen molar-refractivity contribution in [1.29, 1.82) is 0 Å². The van der Waals surface area contributed by atoms with Gasteiger partial charge in [0.2, 0.25) is 0 Å². The number of aromatic nitrogens is 3. The lowest BCUT2D eigenvalue weighted by Gasteiger charge is -2.26. The molecule has 1 aliphatic rings. The van der Waals surface area contributed by atoms with Gasteiger partial charge in [-0.3, -0.25) is 4.99 Å². The van der Waals surface area contributed by atoms with E-state index in [2.05, 4.69) is 25.7 Å². The monoisotopic (exact) mass is 360 g/mol. The van der Waals surface area contributed by atoms with Gasteiger partial charge in [-0.15, -0.1) is 0 Å². The molecule has 140 valence electrons. The topological polar surface area (TPSA) is 76.4 Å². The van der Waals surface area contributed by atoms with Gasteiger partial charge in [0, 0.05) is 19.5 Å². The summed E-state index contributed by atoms with van der Waals surface area (Å²) in [5, 5.41) is 11.1. The first-order valence-electron chi connectivity index (χ1n) is 8.84. The second kappa shape index (κ2) is 8.16. The number of halogens is 1. The number of ether oxygens (including phenoxy) is 1. The van der Waals surface area contributed by atoms with Crippen LogP contribution in [0.5, 0.6) is 5.75 Å². The zero-order valence-electron chi connectivity index (χ0n) is 15.4. The van der Waals surface area contributed by atoms with E-state index in [4.69, 9.17) is 4.74 Å². The Morgan fingerprint density at radius 2 is 2.27 bits per heavy atom. The molecule has 26 heavy (non-hydrogen) atoms. The van der Waals surface area contributed by atoms with Crippen molar-refractivity contribution >= 4 is 5.96 Å². The molecule has 0 fully saturated rings. The van der Waals surface area contributed by atoms with E-state index in [1.807, 2.05) is 18.5 Å². The minimum Gasteiger partial charge on any atom is -0.486 e. The summed E-state index contributed by atoms with van der Waals surface area (Å²) in [7, 11) is 1.73. The van der Waals surface area contributed by atoms with Crippen LogP contribution in [0, 0.1) is 12.7 Å². The van der Waals surface area contributed by atoms with Crippen molar-refractivity contribution in [2.75, 3.05) is 13.6 Å². The number of nitrogens with one attached hydrogen (secondary N) is 2. The van der Waals surface area contributed by atoms with Crippen molar-refractivity contribution in [3.63, 3.8) is 0 Å². The molecular formula is C18H25FN6O. The number of benzene rings is 1. The van der Waals surface area contributed by atoms with E-state index >= 15 is 0 Å². The fourth-order valence-corrected chi connectivity index (χ4v) is 2.98. The number of guanidine groups is 1. The molecule has 1 aliphatic heterocycles. The van der Waals surface area contributed by atoms with Gasteiger partial charge >= 0.3 is 0 Å². The van der Waals surface area contributed by atoms with Crippen LogP contribution in [0.2, 0.25) is 0 Å². The standard InChI is InChI=1S/C18H25FN6O/c1-12(26-16-7-5-4-6-15(16)19)10-21-18(20-3)23-14-8-9-17-22-13(2)24-25(17)11-14/h4-7,12,14H,8-11H2,1-3H3,(H2,20,21,23). The summed E-state index contributed by atoms with van der Waals surface area (Å²) in [5.74, 6) is 2.44. The number of aryl methyl sites for hydroxylation is 2. The third-order valence-corrected chi connectivity index (χ3v) is 4.25. The first kappa shape index (κ1) is 18.2. The maximum atomic E-state index is 13.7. The lowest BCUT2D eigenvalue weighted by molar-refractivity contribution is 0.213. The molecule has 3 rings (SSSR count). The van der Waals surface area contributed by atoms with Gasteiger partial charge in [0.05, 0.1) is 13.1 Å². The maximum Gasteiger partial charge on any atom is 0.191 e. The van der Waals surface area contributed by atoms with E-state index in [1.165, 1.54) is 6.07 Å². The minimum absolute atomic E-state index is 0.207. The van der Waals surface area contributed by atoms with Crippen LogP contribution in [0.3, 0.4) is 0 Å². The van der Waals surface area contributed by atoms with Crippen LogP contribution < -0.4 is 15.4 Å². The molecule has 0 aliphatic carbocycles. The first-order chi connectivity index (χ1) is 12.5. The van der Waals surface area contributed by atoms with Gasteiger partial charge in [-0.1, -0.05) is 12.1 Å². The summed E-state index contributed by atoms with van der Waals surface area (Å²) < 4.78 is 21.2. The van der Waals surface area contributed by atoms with Crippen molar-refractivity contribution in [3.05, 3.63) is 41.7 Å². The van der Waals surface area contributed by atoms with Crippen molar-refractivity contribution in [1.82, 2.24) is 25.4 Å². The van der Waals surface area contributed by atoms with Crippen molar-refractivity contribution in [3.8, 4) is 5.75 Å². The lowest BCUT2D eigenvalue weighted by atomic mass is 10.1. The highest BCUT2D eigenvalue weighted by atomic mass is 19.1. The summed E-state index contributed by atoms with van der Waals surface area (Å²) in [6.07, 6.45) is 1.66. The molecule has 0 radical (unpaired) electrons. The van der Waals surface area contributed by atoms with Crippen LogP contribution in [0.1, 0.15) is 25.0 Å². The van der Waals surface area contributed by atoms with Crippen LogP contribution in [0.4, 0.5) is 4.39 Å². The summed E-state index contributed by atoms with van der Waals surface area (Å²) in [6, 6.07) is 6.64. The number of rotatable bonds is 5. The molecule has 8 heteroatoms. The van der Waals surface area contributed by atoms with Crippen LogP contribution in [0.25, 0.3) is 0 Å². The van der Waals surface area contributed by atoms with Crippen molar-refractivity contribution in [2.45, 2.75) is 45.4 Å².